The Bertz CT molecular complexity index is 612. The fourth-order valence-electron chi connectivity index (χ4n) is 1.68. The lowest BCUT2D eigenvalue weighted by atomic mass is 10.2. The van der Waals surface area contributed by atoms with Crippen LogP contribution in [-0.2, 0) is 6.54 Å². The van der Waals surface area contributed by atoms with E-state index in [0.29, 0.717) is 4.47 Å². The Hall–Kier alpha value is -0.850. The highest BCUT2D eigenvalue weighted by molar-refractivity contribution is 9.10. The lowest BCUT2D eigenvalue weighted by molar-refractivity contribution is 0.0696. The smallest absolute Gasteiger partial charge is 0.336 e. The summed E-state index contributed by atoms with van der Waals surface area (Å²) >= 11 is 8.42. The van der Waals surface area contributed by atoms with E-state index < -0.39 is 5.97 Å². The number of carbonyl (C=O) groups is 1. The van der Waals surface area contributed by atoms with Gasteiger partial charge in [-0.15, -0.1) is 11.3 Å². The molecule has 0 aliphatic rings. The molecule has 2 aromatic rings. The molecule has 0 spiro atoms. The zero-order valence-electron chi connectivity index (χ0n) is 10.1. The average Bonchev–Trinajstić information content (AvgIpc) is 2.74. The van der Waals surface area contributed by atoms with Crippen molar-refractivity contribution in [1.29, 1.82) is 0 Å². The van der Waals surface area contributed by atoms with Crippen LogP contribution in [0.3, 0.4) is 0 Å². The normalized spacial score (nSPS) is 10.5. The van der Waals surface area contributed by atoms with Crippen LogP contribution in [0, 0.1) is 0 Å². The van der Waals surface area contributed by atoms with Gasteiger partial charge in [-0.05, 0) is 56.1 Å². The number of hydrogen-bond donors (Lipinski definition) is 1. The van der Waals surface area contributed by atoms with Gasteiger partial charge in [0.25, 0.3) is 0 Å². The molecule has 1 aromatic carbocycles. The van der Waals surface area contributed by atoms with Gasteiger partial charge in [-0.3, -0.25) is 0 Å². The Morgan fingerprint density at radius 2 is 2.11 bits per heavy atom. The number of hydrogen-bond acceptors (Lipinski definition) is 3. The number of thiophene rings is 1. The largest absolute Gasteiger partial charge is 0.478 e. The second-order valence-corrected chi connectivity index (χ2v) is 6.82. The van der Waals surface area contributed by atoms with Gasteiger partial charge < -0.3 is 10.0 Å². The summed E-state index contributed by atoms with van der Waals surface area (Å²) in [4.78, 5) is 14.3. The van der Waals surface area contributed by atoms with Crippen LogP contribution in [-0.4, -0.2) is 18.1 Å². The van der Waals surface area contributed by atoms with Crippen molar-refractivity contribution in [3.05, 3.63) is 49.0 Å². The van der Waals surface area contributed by atoms with Crippen molar-refractivity contribution in [3.8, 4) is 0 Å². The fourth-order valence-corrected chi connectivity index (χ4v) is 3.72. The standard InChI is InChI=1S/C13H11Br2NO2S/c1-16(6-10-4-8(14)7-19-10)9-2-3-11(13(17)18)12(15)5-9/h2-5,7H,6H2,1H3,(H,17,18). The number of benzene rings is 1. The third-order valence-corrected chi connectivity index (χ3v) is 4.98. The average molecular weight is 405 g/mol. The summed E-state index contributed by atoms with van der Waals surface area (Å²) in [6, 6.07) is 7.34. The maximum atomic E-state index is 10.9. The maximum Gasteiger partial charge on any atom is 0.336 e. The van der Waals surface area contributed by atoms with E-state index in [2.05, 4.69) is 42.8 Å². The van der Waals surface area contributed by atoms with E-state index in [1.807, 2.05) is 24.6 Å². The first kappa shape index (κ1) is 14.6. The highest BCUT2D eigenvalue weighted by Gasteiger charge is 2.11. The number of aromatic carboxylic acids is 1. The molecule has 0 saturated heterocycles. The van der Waals surface area contributed by atoms with Crippen LogP contribution in [0.25, 0.3) is 0 Å². The summed E-state index contributed by atoms with van der Waals surface area (Å²) in [7, 11) is 1.98. The van der Waals surface area contributed by atoms with Crippen LogP contribution in [0.5, 0.6) is 0 Å². The zero-order chi connectivity index (χ0) is 14.0. The van der Waals surface area contributed by atoms with Gasteiger partial charge in [0.2, 0.25) is 0 Å². The Morgan fingerprint density at radius 1 is 1.37 bits per heavy atom. The van der Waals surface area contributed by atoms with E-state index in [1.54, 1.807) is 17.4 Å². The molecule has 1 N–H and O–H groups in total. The van der Waals surface area contributed by atoms with E-state index in [9.17, 15) is 4.79 Å². The van der Waals surface area contributed by atoms with Crippen LogP contribution < -0.4 is 4.90 Å². The number of carboxylic acids is 1. The van der Waals surface area contributed by atoms with Crippen molar-refractivity contribution in [2.45, 2.75) is 6.54 Å². The number of anilines is 1. The van der Waals surface area contributed by atoms with Gasteiger partial charge in [-0.2, -0.15) is 0 Å². The van der Waals surface area contributed by atoms with Crippen molar-refractivity contribution < 1.29 is 9.90 Å². The van der Waals surface area contributed by atoms with Gasteiger partial charge in [-0.25, -0.2) is 4.79 Å². The Balaban J connectivity index is 2.17. The van der Waals surface area contributed by atoms with Gasteiger partial charge in [0, 0.05) is 31.9 Å². The van der Waals surface area contributed by atoms with E-state index in [1.165, 1.54) is 4.88 Å². The molecule has 1 heterocycles. The first-order valence-corrected chi connectivity index (χ1v) is 7.91. The predicted octanol–water partition coefficient (Wildman–Crippen LogP) is 4.61. The zero-order valence-corrected chi connectivity index (χ0v) is 14.0. The van der Waals surface area contributed by atoms with E-state index in [4.69, 9.17) is 5.11 Å². The summed E-state index contributed by atoms with van der Waals surface area (Å²) < 4.78 is 1.68. The highest BCUT2D eigenvalue weighted by Crippen LogP contribution is 2.26. The molecule has 6 heteroatoms. The maximum absolute atomic E-state index is 10.9. The van der Waals surface area contributed by atoms with Gasteiger partial charge in [-0.1, -0.05) is 0 Å². The van der Waals surface area contributed by atoms with Crippen molar-refractivity contribution in [2.24, 2.45) is 0 Å². The molecular formula is C13H11Br2NO2S. The molecule has 100 valence electrons. The number of nitrogens with zero attached hydrogens (tertiary/aromatic N) is 1. The molecule has 1 aromatic heterocycles. The quantitative estimate of drug-likeness (QED) is 0.808. The SMILES string of the molecule is CN(Cc1cc(Br)cs1)c1ccc(C(=O)O)c(Br)c1. The van der Waals surface area contributed by atoms with Gasteiger partial charge in [0.15, 0.2) is 0 Å². The van der Waals surface area contributed by atoms with Crippen LogP contribution >= 0.6 is 43.2 Å². The monoisotopic (exact) mass is 403 g/mol. The second-order valence-electron chi connectivity index (χ2n) is 4.06. The van der Waals surface area contributed by atoms with E-state index >= 15 is 0 Å². The number of carboxylic acid groups (broad SMARTS) is 1. The van der Waals surface area contributed by atoms with Crippen molar-refractivity contribution >= 4 is 54.9 Å². The molecule has 0 aliphatic carbocycles. The molecule has 0 atom stereocenters. The molecule has 0 bridgehead atoms. The topological polar surface area (TPSA) is 40.5 Å². The number of halogens is 2. The molecule has 0 radical (unpaired) electrons. The lowest BCUT2D eigenvalue weighted by Gasteiger charge is -2.19. The molecule has 0 aliphatic heterocycles. The van der Waals surface area contributed by atoms with E-state index in [-0.39, 0.29) is 5.56 Å². The van der Waals surface area contributed by atoms with Gasteiger partial charge in [0.1, 0.15) is 0 Å². The Labute approximate surface area is 132 Å². The van der Waals surface area contributed by atoms with Crippen molar-refractivity contribution in [2.75, 3.05) is 11.9 Å². The minimum atomic E-state index is -0.928. The molecule has 0 amide bonds. The highest BCUT2D eigenvalue weighted by atomic mass is 79.9. The van der Waals surface area contributed by atoms with E-state index in [0.717, 1.165) is 16.7 Å². The Morgan fingerprint density at radius 3 is 2.63 bits per heavy atom. The van der Waals surface area contributed by atoms with Gasteiger partial charge in [0.05, 0.1) is 12.1 Å². The van der Waals surface area contributed by atoms with Crippen LogP contribution in [0.4, 0.5) is 5.69 Å². The number of rotatable bonds is 4. The van der Waals surface area contributed by atoms with Crippen LogP contribution in [0.15, 0.2) is 38.6 Å². The summed E-state index contributed by atoms with van der Waals surface area (Å²) in [5, 5.41) is 11.0. The molecule has 0 unspecified atom stereocenters. The lowest BCUT2D eigenvalue weighted by Crippen LogP contribution is -2.15. The predicted molar refractivity (Wildman–Crippen MR) is 85.2 cm³/mol. The van der Waals surface area contributed by atoms with Crippen LogP contribution in [0.2, 0.25) is 0 Å². The minimum Gasteiger partial charge on any atom is -0.478 e. The second kappa shape index (κ2) is 6.07. The Kier molecular flexibility index (Phi) is 4.65. The first-order chi connectivity index (χ1) is 8.97. The summed E-state index contributed by atoms with van der Waals surface area (Å²) in [5.74, 6) is -0.928. The molecule has 2 rings (SSSR count). The van der Waals surface area contributed by atoms with Crippen LogP contribution in [0.1, 0.15) is 15.2 Å². The van der Waals surface area contributed by atoms with Gasteiger partial charge >= 0.3 is 5.97 Å². The third-order valence-electron chi connectivity index (χ3n) is 2.64. The molecule has 19 heavy (non-hydrogen) atoms. The summed E-state index contributed by atoms with van der Waals surface area (Å²) in [6.45, 7) is 0.787. The summed E-state index contributed by atoms with van der Waals surface area (Å²) in [6.07, 6.45) is 0. The molecular weight excluding hydrogens is 394 g/mol. The molecule has 0 saturated carbocycles. The fraction of sp³-hybridized carbons (Fsp3) is 0.154. The summed E-state index contributed by atoms with van der Waals surface area (Å²) in [5.41, 5.74) is 1.25. The van der Waals surface area contributed by atoms with Crippen molar-refractivity contribution in [3.63, 3.8) is 0 Å². The minimum absolute atomic E-state index is 0.274. The van der Waals surface area contributed by atoms with Crippen molar-refractivity contribution in [1.82, 2.24) is 0 Å². The molecule has 0 fully saturated rings. The third kappa shape index (κ3) is 3.58. The first-order valence-electron chi connectivity index (χ1n) is 5.44. The molecule has 3 nitrogen and oxygen atoms in total.